The van der Waals surface area contributed by atoms with E-state index in [4.69, 9.17) is 5.73 Å². The Balaban J connectivity index is 0.000000810. The molecule has 0 aromatic carbocycles. The summed E-state index contributed by atoms with van der Waals surface area (Å²) >= 11 is 0. The molecule has 1 nitrogen and oxygen atoms in total. The zero-order valence-electron chi connectivity index (χ0n) is 6.47. The van der Waals surface area contributed by atoms with Crippen LogP contribution in [0, 0.1) is 5.41 Å². The van der Waals surface area contributed by atoms with Crippen LogP contribution in [0.2, 0.25) is 0 Å². The van der Waals surface area contributed by atoms with Crippen LogP contribution in [0.15, 0.2) is 12.2 Å². The first kappa shape index (κ1) is 9.99. The Kier molecular flexibility index (Phi) is 3.99. The van der Waals surface area contributed by atoms with Crippen LogP contribution in [0.1, 0.15) is 26.2 Å². The summed E-state index contributed by atoms with van der Waals surface area (Å²) < 4.78 is 0. The lowest BCUT2D eigenvalue weighted by Crippen LogP contribution is -2.26. The zero-order valence-corrected chi connectivity index (χ0v) is 7.29. The molecule has 2 heteroatoms. The minimum absolute atomic E-state index is 0. The molecule has 0 amide bonds. The Morgan fingerprint density at radius 1 is 1.60 bits per heavy atom. The van der Waals surface area contributed by atoms with Crippen LogP contribution in [0.3, 0.4) is 0 Å². The summed E-state index contributed by atoms with van der Waals surface area (Å²) in [5.74, 6) is 0. The lowest BCUT2D eigenvalue weighted by molar-refractivity contribution is 0.376. The van der Waals surface area contributed by atoms with Crippen LogP contribution in [-0.2, 0) is 0 Å². The smallest absolute Gasteiger partial charge is 0.00115 e. The number of nitrogens with two attached hydrogens (primary N) is 1. The molecule has 60 valence electrons. The number of hydrogen-bond donors (Lipinski definition) is 1. The lowest BCUT2D eigenvalue weighted by atomic mass is 9.81. The molecule has 0 saturated carbocycles. The Labute approximate surface area is 69.1 Å². The van der Waals surface area contributed by atoms with Crippen molar-refractivity contribution in [1.29, 1.82) is 0 Å². The summed E-state index contributed by atoms with van der Waals surface area (Å²) in [7, 11) is 0. The van der Waals surface area contributed by atoms with Crippen molar-refractivity contribution in [1.82, 2.24) is 0 Å². The summed E-state index contributed by atoms with van der Waals surface area (Å²) in [6.07, 6.45) is 8.33. The zero-order chi connectivity index (χ0) is 6.74. The van der Waals surface area contributed by atoms with Crippen molar-refractivity contribution in [3.05, 3.63) is 12.2 Å². The van der Waals surface area contributed by atoms with E-state index in [9.17, 15) is 0 Å². The van der Waals surface area contributed by atoms with Crippen molar-refractivity contribution < 1.29 is 0 Å². The molecule has 0 aliphatic heterocycles. The second-order valence-corrected chi connectivity index (χ2v) is 3.15. The molecule has 0 fully saturated rings. The second-order valence-electron chi connectivity index (χ2n) is 3.15. The van der Waals surface area contributed by atoms with Gasteiger partial charge in [0, 0.05) is 6.54 Å². The standard InChI is InChI=1S/C8H15N.ClH/c1-8(7-9)5-3-2-4-6-8;/h3,5H,2,4,6-7,9H2,1H3;1H. The van der Waals surface area contributed by atoms with Crippen molar-refractivity contribution in [3.63, 3.8) is 0 Å². The van der Waals surface area contributed by atoms with E-state index in [1.54, 1.807) is 0 Å². The maximum absolute atomic E-state index is 5.59. The second kappa shape index (κ2) is 3.99. The quantitative estimate of drug-likeness (QED) is 0.586. The molecule has 0 heterocycles. The van der Waals surface area contributed by atoms with Crippen molar-refractivity contribution in [2.75, 3.05) is 6.54 Å². The van der Waals surface area contributed by atoms with Crippen LogP contribution in [-0.4, -0.2) is 6.54 Å². The van der Waals surface area contributed by atoms with Gasteiger partial charge in [-0.05, 0) is 24.7 Å². The van der Waals surface area contributed by atoms with Gasteiger partial charge < -0.3 is 5.73 Å². The van der Waals surface area contributed by atoms with E-state index in [-0.39, 0.29) is 12.4 Å². The summed E-state index contributed by atoms with van der Waals surface area (Å²) in [6, 6.07) is 0. The van der Waals surface area contributed by atoms with Gasteiger partial charge in [0.05, 0.1) is 0 Å². The van der Waals surface area contributed by atoms with Gasteiger partial charge in [0.2, 0.25) is 0 Å². The maximum Gasteiger partial charge on any atom is 0.00115 e. The van der Waals surface area contributed by atoms with Gasteiger partial charge in [0.25, 0.3) is 0 Å². The van der Waals surface area contributed by atoms with Gasteiger partial charge in [-0.1, -0.05) is 19.1 Å². The van der Waals surface area contributed by atoms with E-state index >= 15 is 0 Å². The molecular formula is C8H16ClN. The molecule has 0 radical (unpaired) electrons. The predicted octanol–water partition coefficient (Wildman–Crippen LogP) is 2.11. The highest BCUT2D eigenvalue weighted by Crippen LogP contribution is 2.28. The highest BCUT2D eigenvalue weighted by Gasteiger charge is 2.19. The third kappa shape index (κ3) is 2.31. The maximum atomic E-state index is 5.59. The molecule has 1 aliphatic rings. The SMILES string of the molecule is CC1(CN)C=CCCC1.Cl. The summed E-state index contributed by atoms with van der Waals surface area (Å²) in [4.78, 5) is 0. The Morgan fingerprint density at radius 2 is 2.30 bits per heavy atom. The largest absolute Gasteiger partial charge is 0.330 e. The summed E-state index contributed by atoms with van der Waals surface area (Å²) in [5.41, 5.74) is 5.90. The van der Waals surface area contributed by atoms with E-state index in [1.807, 2.05) is 0 Å². The van der Waals surface area contributed by atoms with Crippen LogP contribution >= 0.6 is 12.4 Å². The third-order valence-corrected chi connectivity index (χ3v) is 2.11. The third-order valence-electron chi connectivity index (χ3n) is 2.11. The minimum atomic E-state index is 0. The van der Waals surface area contributed by atoms with E-state index in [0.717, 1.165) is 6.54 Å². The summed E-state index contributed by atoms with van der Waals surface area (Å²) in [5, 5.41) is 0. The predicted molar refractivity (Wildman–Crippen MR) is 47.4 cm³/mol. The van der Waals surface area contributed by atoms with Crippen molar-refractivity contribution >= 4 is 12.4 Å². The molecule has 1 atom stereocenters. The Hall–Kier alpha value is -0.0100. The fourth-order valence-corrected chi connectivity index (χ4v) is 1.25. The molecule has 10 heavy (non-hydrogen) atoms. The molecule has 0 spiro atoms. The van der Waals surface area contributed by atoms with Gasteiger partial charge in [-0.2, -0.15) is 0 Å². The molecule has 0 aromatic rings. The number of halogens is 1. The lowest BCUT2D eigenvalue weighted by Gasteiger charge is -2.26. The Bertz CT molecular complexity index is 122. The molecule has 1 aliphatic carbocycles. The van der Waals surface area contributed by atoms with Crippen LogP contribution in [0.5, 0.6) is 0 Å². The molecule has 2 N–H and O–H groups in total. The molecule has 0 saturated heterocycles. The van der Waals surface area contributed by atoms with Gasteiger partial charge >= 0.3 is 0 Å². The van der Waals surface area contributed by atoms with Gasteiger partial charge in [-0.3, -0.25) is 0 Å². The van der Waals surface area contributed by atoms with Crippen molar-refractivity contribution in [3.8, 4) is 0 Å². The molecular weight excluding hydrogens is 146 g/mol. The monoisotopic (exact) mass is 161 g/mol. The average molecular weight is 162 g/mol. The van der Waals surface area contributed by atoms with Crippen molar-refractivity contribution in [2.24, 2.45) is 11.1 Å². The molecule has 1 unspecified atom stereocenters. The molecule has 0 aromatic heterocycles. The fourth-order valence-electron chi connectivity index (χ4n) is 1.25. The summed E-state index contributed by atoms with van der Waals surface area (Å²) in [6.45, 7) is 3.02. The first-order chi connectivity index (χ1) is 4.27. The highest BCUT2D eigenvalue weighted by atomic mass is 35.5. The molecule has 1 rings (SSSR count). The van der Waals surface area contributed by atoms with E-state index in [0.29, 0.717) is 5.41 Å². The molecule has 0 bridgehead atoms. The van der Waals surface area contributed by atoms with Crippen molar-refractivity contribution in [2.45, 2.75) is 26.2 Å². The normalized spacial score (nSPS) is 31.4. The van der Waals surface area contributed by atoms with E-state index < -0.39 is 0 Å². The number of hydrogen-bond acceptors (Lipinski definition) is 1. The van der Waals surface area contributed by atoms with Crippen LogP contribution in [0.25, 0.3) is 0 Å². The van der Waals surface area contributed by atoms with E-state index in [2.05, 4.69) is 19.1 Å². The average Bonchev–Trinajstić information content (AvgIpc) is 1.90. The van der Waals surface area contributed by atoms with Gasteiger partial charge in [0.15, 0.2) is 0 Å². The first-order valence-electron chi connectivity index (χ1n) is 3.65. The Morgan fingerprint density at radius 3 is 2.60 bits per heavy atom. The van der Waals surface area contributed by atoms with Gasteiger partial charge in [-0.25, -0.2) is 0 Å². The highest BCUT2D eigenvalue weighted by molar-refractivity contribution is 5.85. The topological polar surface area (TPSA) is 26.0 Å². The van der Waals surface area contributed by atoms with Gasteiger partial charge in [-0.15, -0.1) is 12.4 Å². The van der Waals surface area contributed by atoms with Crippen LogP contribution < -0.4 is 5.73 Å². The van der Waals surface area contributed by atoms with Gasteiger partial charge in [0.1, 0.15) is 0 Å². The fraction of sp³-hybridized carbons (Fsp3) is 0.750. The van der Waals surface area contributed by atoms with E-state index in [1.165, 1.54) is 19.3 Å². The minimum Gasteiger partial charge on any atom is -0.330 e. The van der Waals surface area contributed by atoms with Crippen LogP contribution in [0.4, 0.5) is 0 Å². The first-order valence-corrected chi connectivity index (χ1v) is 3.65. The number of rotatable bonds is 1. The number of allylic oxidation sites excluding steroid dienone is 1.